The van der Waals surface area contributed by atoms with Crippen LogP contribution in [0.25, 0.3) is 0 Å². The Morgan fingerprint density at radius 3 is 3.16 bits per heavy atom. The molecule has 2 aliphatic rings. The monoisotopic (exact) mass is 279 g/mol. The van der Waals surface area contributed by atoms with Crippen molar-refractivity contribution in [2.24, 2.45) is 0 Å². The van der Waals surface area contributed by atoms with E-state index in [4.69, 9.17) is 4.74 Å². The number of amides is 1. The van der Waals surface area contributed by atoms with Crippen LogP contribution in [0.5, 0.6) is 0 Å². The zero-order chi connectivity index (χ0) is 13.1. The third-order valence-electron chi connectivity index (χ3n) is 4.22. The molecule has 104 valence electrons. The van der Waals surface area contributed by atoms with E-state index in [0.717, 1.165) is 25.8 Å². The van der Waals surface area contributed by atoms with Crippen molar-refractivity contribution in [3.05, 3.63) is 22.4 Å². The van der Waals surface area contributed by atoms with Crippen LogP contribution >= 0.6 is 11.3 Å². The number of aryl methyl sites for hydroxylation is 1. The van der Waals surface area contributed by atoms with Gasteiger partial charge in [0.25, 0.3) is 0 Å². The standard InChI is InChI=1S/C15H21NO2S/c17-15(8-7-12-4-3-11-19-12)16-9-10-18-14-6-2-1-5-13(14)16/h3-4,11,13-14H,1-2,5-10H2. The lowest BCUT2D eigenvalue weighted by atomic mass is 9.90. The molecule has 3 rings (SSSR count). The van der Waals surface area contributed by atoms with Crippen LogP contribution in [0, 0.1) is 0 Å². The Morgan fingerprint density at radius 1 is 1.42 bits per heavy atom. The number of fused-ring (bicyclic) bond motifs is 1. The van der Waals surface area contributed by atoms with Crippen LogP contribution in [-0.4, -0.2) is 36.1 Å². The second kappa shape index (κ2) is 6.06. The second-order valence-corrected chi connectivity index (χ2v) is 6.46. The molecule has 1 aromatic rings. The van der Waals surface area contributed by atoms with Gasteiger partial charge in [0.1, 0.15) is 0 Å². The number of hydrogen-bond donors (Lipinski definition) is 0. The first-order valence-corrected chi connectivity index (χ1v) is 8.16. The molecule has 19 heavy (non-hydrogen) atoms. The highest BCUT2D eigenvalue weighted by Gasteiger charge is 2.36. The van der Waals surface area contributed by atoms with Crippen LogP contribution < -0.4 is 0 Å². The van der Waals surface area contributed by atoms with E-state index in [-0.39, 0.29) is 0 Å². The quantitative estimate of drug-likeness (QED) is 0.851. The van der Waals surface area contributed by atoms with Crippen LogP contribution in [0.1, 0.15) is 37.0 Å². The summed E-state index contributed by atoms with van der Waals surface area (Å²) in [5.74, 6) is 0.314. The summed E-state index contributed by atoms with van der Waals surface area (Å²) in [4.78, 5) is 15.8. The largest absolute Gasteiger partial charge is 0.374 e. The Hall–Kier alpha value is -0.870. The molecule has 2 unspecified atom stereocenters. The lowest BCUT2D eigenvalue weighted by Gasteiger charge is -2.43. The van der Waals surface area contributed by atoms with Gasteiger partial charge in [-0.15, -0.1) is 11.3 Å². The lowest BCUT2D eigenvalue weighted by molar-refractivity contribution is -0.149. The fourth-order valence-corrected chi connectivity index (χ4v) is 3.94. The number of hydrogen-bond acceptors (Lipinski definition) is 3. The van der Waals surface area contributed by atoms with Crippen molar-refractivity contribution < 1.29 is 9.53 Å². The van der Waals surface area contributed by atoms with Gasteiger partial charge in [0.2, 0.25) is 5.91 Å². The van der Waals surface area contributed by atoms with E-state index in [0.29, 0.717) is 31.1 Å². The minimum Gasteiger partial charge on any atom is -0.374 e. The van der Waals surface area contributed by atoms with Crippen LogP contribution in [0.3, 0.4) is 0 Å². The van der Waals surface area contributed by atoms with Crippen molar-refractivity contribution in [1.82, 2.24) is 4.90 Å². The summed E-state index contributed by atoms with van der Waals surface area (Å²) < 4.78 is 5.82. The summed E-state index contributed by atoms with van der Waals surface area (Å²) >= 11 is 1.74. The molecule has 3 nitrogen and oxygen atoms in total. The number of morpholine rings is 1. The maximum absolute atomic E-state index is 12.4. The Bertz CT molecular complexity index is 416. The topological polar surface area (TPSA) is 29.5 Å². The molecule has 1 aliphatic heterocycles. The van der Waals surface area contributed by atoms with Gasteiger partial charge in [-0.05, 0) is 30.7 Å². The Labute approximate surface area is 118 Å². The summed E-state index contributed by atoms with van der Waals surface area (Å²) in [5.41, 5.74) is 0. The normalized spacial score (nSPS) is 27.1. The fraction of sp³-hybridized carbons (Fsp3) is 0.667. The number of thiophene rings is 1. The lowest BCUT2D eigenvalue weighted by Crippen LogP contribution is -2.54. The fourth-order valence-electron chi connectivity index (χ4n) is 3.23. The molecule has 0 aromatic carbocycles. The third-order valence-corrected chi connectivity index (χ3v) is 5.15. The average molecular weight is 279 g/mol. The van der Waals surface area contributed by atoms with Gasteiger partial charge in [-0.2, -0.15) is 0 Å². The summed E-state index contributed by atoms with van der Waals surface area (Å²) in [6, 6.07) is 4.51. The van der Waals surface area contributed by atoms with Gasteiger partial charge in [0.15, 0.2) is 0 Å². The van der Waals surface area contributed by atoms with E-state index in [1.807, 2.05) is 0 Å². The SMILES string of the molecule is O=C(CCc1cccs1)N1CCOC2CCCCC21. The summed E-state index contributed by atoms with van der Waals surface area (Å²) in [6.07, 6.45) is 6.55. The van der Waals surface area contributed by atoms with E-state index in [1.54, 1.807) is 11.3 Å². The molecular weight excluding hydrogens is 258 g/mol. The maximum Gasteiger partial charge on any atom is 0.223 e. The summed E-state index contributed by atoms with van der Waals surface area (Å²) in [6.45, 7) is 1.50. The van der Waals surface area contributed by atoms with Gasteiger partial charge in [0.05, 0.1) is 18.8 Å². The van der Waals surface area contributed by atoms with E-state index in [1.165, 1.54) is 17.7 Å². The first-order valence-electron chi connectivity index (χ1n) is 7.28. The van der Waals surface area contributed by atoms with Crippen molar-refractivity contribution in [2.75, 3.05) is 13.2 Å². The number of rotatable bonds is 3. The number of carbonyl (C=O) groups is 1. The molecular formula is C15H21NO2S. The minimum atomic E-state index is 0.299. The highest BCUT2D eigenvalue weighted by molar-refractivity contribution is 7.09. The molecule has 0 radical (unpaired) electrons. The Balaban J connectivity index is 1.58. The number of carbonyl (C=O) groups excluding carboxylic acids is 1. The second-order valence-electron chi connectivity index (χ2n) is 5.43. The van der Waals surface area contributed by atoms with Crippen LogP contribution in [0.15, 0.2) is 17.5 Å². The molecule has 1 aromatic heterocycles. The van der Waals surface area contributed by atoms with Crippen molar-refractivity contribution in [3.8, 4) is 0 Å². The van der Waals surface area contributed by atoms with E-state index in [9.17, 15) is 4.79 Å². The van der Waals surface area contributed by atoms with Crippen molar-refractivity contribution in [3.63, 3.8) is 0 Å². The predicted molar refractivity (Wildman–Crippen MR) is 76.3 cm³/mol. The number of nitrogens with zero attached hydrogens (tertiary/aromatic N) is 1. The molecule has 4 heteroatoms. The maximum atomic E-state index is 12.4. The molecule has 2 atom stereocenters. The highest BCUT2D eigenvalue weighted by atomic mass is 32.1. The molecule has 0 bridgehead atoms. The summed E-state index contributed by atoms with van der Waals surface area (Å²) in [5, 5.41) is 2.08. The molecule has 1 amide bonds. The zero-order valence-corrected chi connectivity index (χ0v) is 12.0. The van der Waals surface area contributed by atoms with Crippen molar-refractivity contribution >= 4 is 17.2 Å². The first-order chi connectivity index (χ1) is 9.34. The average Bonchev–Trinajstić information content (AvgIpc) is 2.97. The smallest absolute Gasteiger partial charge is 0.223 e. The van der Waals surface area contributed by atoms with E-state index < -0.39 is 0 Å². The van der Waals surface area contributed by atoms with Gasteiger partial charge in [-0.25, -0.2) is 0 Å². The molecule has 1 saturated carbocycles. The molecule has 2 fully saturated rings. The highest BCUT2D eigenvalue weighted by Crippen LogP contribution is 2.29. The van der Waals surface area contributed by atoms with Gasteiger partial charge >= 0.3 is 0 Å². The van der Waals surface area contributed by atoms with Gasteiger partial charge in [-0.3, -0.25) is 4.79 Å². The molecule has 0 spiro atoms. The molecule has 1 saturated heterocycles. The predicted octanol–water partition coefficient (Wildman–Crippen LogP) is 2.85. The van der Waals surface area contributed by atoms with Crippen LogP contribution in [0.2, 0.25) is 0 Å². The van der Waals surface area contributed by atoms with Crippen LogP contribution in [0.4, 0.5) is 0 Å². The van der Waals surface area contributed by atoms with Gasteiger partial charge in [-0.1, -0.05) is 18.9 Å². The summed E-state index contributed by atoms with van der Waals surface area (Å²) in [7, 11) is 0. The van der Waals surface area contributed by atoms with E-state index in [2.05, 4.69) is 22.4 Å². The minimum absolute atomic E-state index is 0.299. The molecule has 1 aliphatic carbocycles. The Kier molecular flexibility index (Phi) is 4.18. The van der Waals surface area contributed by atoms with Crippen molar-refractivity contribution in [1.29, 1.82) is 0 Å². The van der Waals surface area contributed by atoms with Gasteiger partial charge < -0.3 is 9.64 Å². The van der Waals surface area contributed by atoms with Crippen LogP contribution in [-0.2, 0) is 16.0 Å². The van der Waals surface area contributed by atoms with Crippen molar-refractivity contribution in [2.45, 2.75) is 50.7 Å². The zero-order valence-electron chi connectivity index (χ0n) is 11.2. The first kappa shape index (κ1) is 13.1. The van der Waals surface area contributed by atoms with Gasteiger partial charge in [0, 0.05) is 17.8 Å². The number of ether oxygens (including phenoxy) is 1. The third kappa shape index (κ3) is 3.00. The van der Waals surface area contributed by atoms with E-state index >= 15 is 0 Å². The Morgan fingerprint density at radius 2 is 2.32 bits per heavy atom. The molecule has 0 N–H and O–H groups in total. The molecule has 2 heterocycles.